The Morgan fingerprint density at radius 1 is 1.38 bits per heavy atom. The zero-order valence-electron chi connectivity index (χ0n) is 13.4. The molecule has 1 aliphatic heterocycles. The number of thiophene rings is 1. The van der Waals surface area contributed by atoms with Crippen molar-refractivity contribution in [2.45, 2.75) is 25.4 Å². The number of fused-ring (bicyclic) bond motifs is 1. The van der Waals surface area contributed by atoms with Crippen LogP contribution in [0.25, 0.3) is 10.2 Å². The van der Waals surface area contributed by atoms with E-state index in [1.165, 1.54) is 16.3 Å². The lowest BCUT2D eigenvalue weighted by Gasteiger charge is -2.21. The summed E-state index contributed by atoms with van der Waals surface area (Å²) >= 11 is 1.71. The molecule has 124 valence electrons. The Hall–Kier alpha value is -2.05. The zero-order valence-corrected chi connectivity index (χ0v) is 14.3. The van der Waals surface area contributed by atoms with Gasteiger partial charge in [0.2, 0.25) is 0 Å². The van der Waals surface area contributed by atoms with E-state index in [1.54, 1.807) is 23.6 Å². The van der Waals surface area contributed by atoms with Crippen molar-refractivity contribution in [3.05, 3.63) is 53.4 Å². The molecule has 4 rings (SSSR count). The summed E-state index contributed by atoms with van der Waals surface area (Å²) in [5, 5.41) is 5.71. The van der Waals surface area contributed by atoms with E-state index in [0.29, 0.717) is 11.9 Å². The van der Waals surface area contributed by atoms with Gasteiger partial charge in [0.25, 0.3) is 0 Å². The molecule has 3 aromatic rings. The maximum atomic E-state index is 13.9. The average molecular weight is 342 g/mol. The molecule has 0 amide bonds. The van der Waals surface area contributed by atoms with E-state index in [-0.39, 0.29) is 11.9 Å². The van der Waals surface area contributed by atoms with E-state index in [0.717, 1.165) is 25.0 Å². The molecule has 3 aromatic heterocycles. The fraction of sp³-hybridized carbons (Fsp3) is 0.333. The number of anilines is 1. The van der Waals surface area contributed by atoms with Crippen LogP contribution in [0.2, 0.25) is 0 Å². The van der Waals surface area contributed by atoms with E-state index in [1.807, 2.05) is 17.2 Å². The first kappa shape index (κ1) is 15.5. The van der Waals surface area contributed by atoms with E-state index in [9.17, 15) is 4.39 Å². The van der Waals surface area contributed by atoms with Crippen LogP contribution in [0.1, 0.15) is 24.9 Å². The highest BCUT2D eigenvalue weighted by Crippen LogP contribution is 2.25. The van der Waals surface area contributed by atoms with Crippen molar-refractivity contribution in [3.63, 3.8) is 0 Å². The molecule has 1 fully saturated rings. The van der Waals surface area contributed by atoms with Crippen LogP contribution in [0.15, 0.2) is 42.0 Å². The molecule has 0 bridgehead atoms. The van der Waals surface area contributed by atoms with Gasteiger partial charge in [-0.1, -0.05) is 0 Å². The Bertz CT molecular complexity index is 850. The molecule has 0 saturated carbocycles. The summed E-state index contributed by atoms with van der Waals surface area (Å²) < 4.78 is 15.1. The number of halogens is 1. The topological polar surface area (TPSA) is 41.0 Å². The van der Waals surface area contributed by atoms with Gasteiger partial charge in [0.05, 0.1) is 10.2 Å². The minimum atomic E-state index is -0.251. The molecule has 0 radical (unpaired) electrons. The van der Waals surface area contributed by atoms with Crippen LogP contribution in [0.3, 0.4) is 0 Å². The van der Waals surface area contributed by atoms with Gasteiger partial charge >= 0.3 is 0 Å². The van der Waals surface area contributed by atoms with Crippen molar-refractivity contribution in [3.8, 4) is 0 Å². The lowest BCUT2D eigenvalue weighted by Crippen LogP contribution is -2.34. The Morgan fingerprint density at radius 2 is 2.29 bits per heavy atom. The van der Waals surface area contributed by atoms with Gasteiger partial charge in [0, 0.05) is 37.6 Å². The largest absolute Gasteiger partial charge is 0.353 e. The fourth-order valence-electron chi connectivity index (χ4n) is 3.25. The monoisotopic (exact) mass is 342 g/mol. The van der Waals surface area contributed by atoms with Gasteiger partial charge in [-0.05, 0) is 48.6 Å². The van der Waals surface area contributed by atoms with Crippen molar-refractivity contribution < 1.29 is 4.39 Å². The van der Waals surface area contributed by atoms with Gasteiger partial charge in [-0.25, -0.2) is 9.37 Å². The predicted octanol–water partition coefficient (Wildman–Crippen LogP) is 3.76. The lowest BCUT2D eigenvalue weighted by molar-refractivity contribution is 0.480. The molecule has 0 aliphatic carbocycles. The summed E-state index contributed by atoms with van der Waals surface area (Å²) in [5.41, 5.74) is 2.24. The Balaban J connectivity index is 1.43. The summed E-state index contributed by atoms with van der Waals surface area (Å²) in [7, 11) is 0. The summed E-state index contributed by atoms with van der Waals surface area (Å²) in [6, 6.07) is 7.87. The number of pyridine rings is 2. The van der Waals surface area contributed by atoms with Gasteiger partial charge in [-0.2, -0.15) is 0 Å². The quantitative estimate of drug-likeness (QED) is 0.784. The van der Waals surface area contributed by atoms with Crippen LogP contribution in [-0.4, -0.2) is 29.1 Å². The van der Waals surface area contributed by atoms with Crippen molar-refractivity contribution >= 4 is 27.4 Å². The summed E-state index contributed by atoms with van der Waals surface area (Å²) in [6.07, 6.45) is 4.57. The molecule has 4 heterocycles. The van der Waals surface area contributed by atoms with Gasteiger partial charge in [-0.15, -0.1) is 11.3 Å². The first-order valence-electron chi connectivity index (χ1n) is 8.15. The normalized spacial score (nSPS) is 19.1. The van der Waals surface area contributed by atoms with Gasteiger partial charge < -0.3 is 10.2 Å². The van der Waals surface area contributed by atoms with Crippen LogP contribution in [0, 0.1) is 5.82 Å². The molecule has 6 heteroatoms. The molecule has 0 unspecified atom stereocenters. The fourth-order valence-corrected chi connectivity index (χ4v) is 4.04. The highest BCUT2D eigenvalue weighted by Gasteiger charge is 2.26. The zero-order chi connectivity index (χ0) is 16.5. The first-order chi connectivity index (χ1) is 11.7. The van der Waals surface area contributed by atoms with E-state index < -0.39 is 0 Å². The highest BCUT2D eigenvalue weighted by molar-refractivity contribution is 7.17. The van der Waals surface area contributed by atoms with Crippen molar-refractivity contribution in [1.29, 1.82) is 0 Å². The van der Waals surface area contributed by atoms with Crippen LogP contribution in [0.4, 0.5) is 10.2 Å². The SMILES string of the molecule is C[C@H](N[C@@H]1CCN(c2ncccc2F)C1)c1cnc2ccsc2c1. The smallest absolute Gasteiger partial charge is 0.165 e. The third kappa shape index (κ3) is 2.99. The second-order valence-corrected chi connectivity index (χ2v) is 7.15. The van der Waals surface area contributed by atoms with E-state index in [2.05, 4.69) is 33.7 Å². The maximum absolute atomic E-state index is 13.9. The maximum Gasteiger partial charge on any atom is 0.165 e. The van der Waals surface area contributed by atoms with Crippen molar-refractivity contribution in [2.24, 2.45) is 0 Å². The number of hydrogen-bond acceptors (Lipinski definition) is 5. The van der Waals surface area contributed by atoms with Gasteiger partial charge in [0.15, 0.2) is 11.6 Å². The molecule has 24 heavy (non-hydrogen) atoms. The van der Waals surface area contributed by atoms with E-state index >= 15 is 0 Å². The number of nitrogens with one attached hydrogen (secondary N) is 1. The number of rotatable bonds is 4. The Labute approximate surface area is 144 Å². The molecule has 1 aliphatic rings. The Morgan fingerprint density at radius 3 is 3.17 bits per heavy atom. The third-order valence-corrected chi connectivity index (χ3v) is 5.39. The molecular formula is C18H19FN4S. The second-order valence-electron chi connectivity index (χ2n) is 6.20. The summed E-state index contributed by atoms with van der Waals surface area (Å²) in [6.45, 7) is 3.74. The molecule has 4 nitrogen and oxygen atoms in total. The molecule has 2 atom stereocenters. The number of nitrogens with zero attached hydrogens (tertiary/aromatic N) is 3. The number of aromatic nitrogens is 2. The first-order valence-corrected chi connectivity index (χ1v) is 9.03. The minimum Gasteiger partial charge on any atom is -0.353 e. The van der Waals surface area contributed by atoms with E-state index in [4.69, 9.17) is 0 Å². The minimum absolute atomic E-state index is 0.211. The molecular weight excluding hydrogens is 323 g/mol. The standard InChI is InChI=1S/C18H19FN4S/c1-12(13-9-17-16(21-10-13)5-8-24-17)22-14-4-7-23(11-14)18-15(19)3-2-6-20-18/h2-3,5-6,8-10,12,14,22H,4,7,11H2,1H3/t12-,14+/m0/s1. The van der Waals surface area contributed by atoms with Crippen LogP contribution < -0.4 is 10.2 Å². The predicted molar refractivity (Wildman–Crippen MR) is 96.0 cm³/mol. The highest BCUT2D eigenvalue weighted by atomic mass is 32.1. The summed E-state index contributed by atoms with van der Waals surface area (Å²) in [5.74, 6) is 0.203. The van der Waals surface area contributed by atoms with Crippen molar-refractivity contribution in [2.75, 3.05) is 18.0 Å². The van der Waals surface area contributed by atoms with Crippen LogP contribution in [-0.2, 0) is 0 Å². The van der Waals surface area contributed by atoms with Crippen LogP contribution in [0.5, 0.6) is 0 Å². The molecule has 1 N–H and O–H groups in total. The molecule has 1 saturated heterocycles. The summed E-state index contributed by atoms with van der Waals surface area (Å²) in [4.78, 5) is 10.7. The van der Waals surface area contributed by atoms with Gasteiger partial charge in [-0.3, -0.25) is 4.98 Å². The van der Waals surface area contributed by atoms with Gasteiger partial charge in [0.1, 0.15) is 0 Å². The lowest BCUT2D eigenvalue weighted by atomic mass is 10.1. The third-order valence-electron chi connectivity index (χ3n) is 4.54. The molecule has 0 aromatic carbocycles. The average Bonchev–Trinajstić information content (AvgIpc) is 3.23. The number of hydrogen-bond donors (Lipinski definition) is 1. The van der Waals surface area contributed by atoms with Crippen molar-refractivity contribution in [1.82, 2.24) is 15.3 Å². The van der Waals surface area contributed by atoms with Crippen LogP contribution >= 0.6 is 11.3 Å². The Kier molecular flexibility index (Phi) is 4.16. The molecule has 0 spiro atoms. The second kappa shape index (κ2) is 6.45.